The van der Waals surface area contributed by atoms with Crippen molar-refractivity contribution < 1.29 is 0 Å². The van der Waals surface area contributed by atoms with E-state index in [0.717, 1.165) is 88.9 Å². The van der Waals surface area contributed by atoms with E-state index >= 15 is 0 Å². The molecule has 0 N–H and O–H groups in total. The van der Waals surface area contributed by atoms with Crippen LogP contribution >= 0.6 is 0 Å². The van der Waals surface area contributed by atoms with E-state index in [2.05, 4.69) is 220 Å². The van der Waals surface area contributed by atoms with Crippen molar-refractivity contribution in [3.05, 3.63) is 219 Å². The second kappa shape index (κ2) is 14.2. The molecule has 0 atom stereocenters. The highest BCUT2D eigenvalue weighted by molar-refractivity contribution is 6.16. The lowest BCUT2D eigenvalue weighted by Gasteiger charge is -2.17. The van der Waals surface area contributed by atoms with Gasteiger partial charge in [-0.3, -0.25) is 4.57 Å². The molecule has 0 saturated heterocycles. The van der Waals surface area contributed by atoms with Gasteiger partial charge in [-0.15, -0.1) is 0 Å². The highest BCUT2D eigenvalue weighted by Crippen LogP contribution is 2.43. The van der Waals surface area contributed by atoms with Crippen molar-refractivity contribution in [2.45, 2.75) is 6.92 Å². The molecule has 4 heterocycles. The van der Waals surface area contributed by atoms with Gasteiger partial charge in [-0.2, -0.15) is 0 Å². The molecule has 62 heavy (non-hydrogen) atoms. The summed E-state index contributed by atoms with van der Waals surface area (Å²) in [5.74, 6) is 0.585. The molecular weight excluding hydrogens is 755 g/mol. The minimum Gasteiger partial charge on any atom is -0.309 e. The molecule has 0 unspecified atom stereocenters. The molecule has 0 radical (unpaired) electrons. The average Bonchev–Trinajstić information content (AvgIpc) is 3.98. The molecule has 0 fully saturated rings. The van der Waals surface area contributed by atoms with Crippen molar-refractivity contribution in [1.82, 2.24) is 23.7 Å². The maximum Gasteiger partial charge on any atom is 0.235 e. The summed E-state index contributed by atoms with van der Waals surface area (Å²) < 4.78 is 7.14. The Bertz CT molecular complexity index is 3680. The molecule has 0 amide bonds. The fraction of sp³-hybridized carbons (Fsp3) is 0.0175. The van der Waals surface area contributed by atoms with Gasteiger partial charge >= 0.3 is 0 Å². The van der Waals surface area contributed by atoms with Crippen LogP contribution in [-0.4, -0.2) is 23.7 Å². The fourth-order valence-electron chi connectivity index (χ4n) is 9.64. The van der Waals surface area contributed by atoms with Crippen LogP contribution in [-0.2, 0) is 0 Å². The summed E-state index contributed by atoms with van der Waals surface area (Å²) in [4.78, 5) is 10.9. The first kappa shape index (κ1) is 35.6. The Balaban J connectivity index is 1.23. The van der Waals surface area contributed by atoms with Crippen LogP contribution in [0.25, 0.3) is 111 Å². The third kappa shape index (κ3) is 5.42. The van der Waals surface area contributed by atoms with Gasteiger partial charge in [-0.25, -0.2) is 9.97 Å². The van der Waals surface area contributed by atoms with Gasteiger partial charge in [0.15, 0.2) is 0 Å². The summed E-state index contributed by atoms with van der Waals surface area (Å²) in [5, 5.41) is 7.06. The maximum absolute atomic E-state index is 5.51. The summed E-state index contributed by atoms with van der Waals surface area (Å²) in [6.07, 6.45) is 3.94. The number of fused-ring (bicyclic) bond motifs is 9. The largest absolute Gasteiger partial charge is 0.309 e. The number of allylic oxidation sites excluding steroid dienone is 3. The summed E-state index contributed by atoms with van der Waals surface area (Å²) >= 11 is 0. The molecule has 0 bridgehead atoms. The van der Waals surface area contributed by atoms with Crippen LogP contribution in [0.2, 0.25) is 0 Å². The Morgan fingerprint density at radius 2 is 0.919 bits per heavy atom. The number of hydrogen-bond donors (Lipinski definition) is 0. The van der Waals surface area contributed by atoms with Crippen LogP contribution in [0.5, 0.6) is 0 Å². The van der Waals surface area contributed by atoms with E-state index in [1.165, 1.54) is 21.5 Å². The lowest BCUT2D eigenvalue weighted by Crippen LogP contribution is -2.08. The van der Waals surface area contributed by atoms with Gasteiger partial charge in [0.1, 0.15) is 0 Å². The quantitative estimate of drug-likeness (QED) is 0.151. The normalized spacial score (nSPS) is 12.1. The van der Waals surface area contributed by atoms with E-state index in [1.54, 1.807) is 0 Å². The van der Waals surface area contributed by atoms with Gasteiger partial charge in [-0.1, -0.05) is 158 Å². The highest BCUT2D eigenvalue weighted by Gasteiger charge is 2.24. The Labute approximate surface area is 358 Å². The van der Waals surface area contributed by atoms with Crippen molar-refractivity contribution in [2.24, 2.45) is 0 Å². The predicted molar refractivity (Wildman–Crippen MR) is 260 cm³/mol. The minimum absolute atomic E-state index is 0.585. The summed E-state index contributed by atoms with van der Waals surface area (Å²) in [5.41, 5.74) is 14.6. The van der Waals surface area contributed by atoms with E-state index in [4.69, 9.17) is 9.97 Å². The zero-order valence-electron chi connectivity index (χ0n) is 34.1. The zero-order valence-corrected chi connectivity index (χ0v) is 34.1. The van der Waals surface area contributed by atoms with Gasteiger partial charge in [0, 0.05) is 43.6 Å². The van der Waals surface area contributed by atoms with Crippen molar-refractivity contribution in [3.63, 3.8) is 0 Å². The number of hydrogen-bond acceptors (Lipinski definition) is 2. The second-order valence-corrected chi connectivity index (χ2v) is 15.8. The molecular formula is C57H39N5. The van der Waals surface area contributed by atoms with E-state index in [1.807, 2.05) is 13.0 Å². The number of aromatic nitrogens is 5. The molecule has 292 valence electrons. The first-order valence-corrected chi connectivity index (χ1v) is 21.1. The molecule has 0 aliphatic heterocycles. The van der Waals surface area contributed by atoms with Gasteiger partial charge in [-0.05, 0) is 78.2 Å². The lowest BCUT2D eigenvalue weighted by atomic mass is 10.0. The number of benzene rings is 8. The first-order chi connectivity index (χ1) is 30.7. The van der Waals surface area contributed by atoms with E-state index in [9.17, 15) is 0 Å². The topological polar surface area (TPSA) is 40.6 Å². The van der Waals surface area contributed by atoms with Crippen LogP contribution in [0.3, 0.4) is 0 Å². The lowest BCUT2D eigenvalue weighted by molar-refractivity contribution is 0.977. The van der Waals surface area contributed by atoms with Crippen LogP contribution in [0.1, 0.15) is 12.6 Å². The van der Waals surface area contributed by atoms with Crippen LogP contribution in [0.15, 0.2) is 213 Å². The molecule has 12 rings (SSSR count). The molecule has 12 aromatic rings. The highest BCUT2D eigenvalue weighted by atomic mass is 15.2. The van der Waals surface area contributed by atoms with Crippen LogP contribution in [0, 0.1) is 0 Å². The van der Waals surface area contributed by atoms with E-state index in [-0.39, 0.29) is 0 Å². The predicted octanol–water partition coefficient (Wildman–Crippen LogP) is 14.7. The smallest absolute Gasteiger partial charge is 0.235 e. The molecule has 0 aliphatic rings. The standard InChI is InChI=1S/C57H39N5/c1-3-37(4-2)48-36-49(40-22-18-21-39(33-40)38-19-6-5-7-20-38)59-57(58-48)62-54-32-17-12-27-46(54)47-34-41(60-50-28-13-8-23-42(50)43-24-9-14-29-51(43)60)35-55(56(47)62)61-52-30-15-10-25-44(52)45-26-11-16-31-53(45)61/h3-36H,1H2,2H3/b37-4+. The Morgan fingerprint density at radius 1 is 0.435 bits per heavy atom. The van der Waals surface area contributed by atoms with Gasteiger partial charge < -0.3 is 9.13 Å². The molecule has 8 aromatic carbocycles. The van der Waals surface area contributed by atoms with Gasteiger partial charge in [0.25, 0.3) is 0 Å². The SMILES string of the molecule is C=C/C(=C\C)c1cc(-c2cccc(-c3ccccc3)c2)nc(-n2c3ccccc3c3cc(-n4c5ccccc5c5ccccc54)cc(-n4c5ccccc5c5ccccc54)c32)n1. The van der Waals surface area contributed by atoms with Crippen molar-refractivity contribution in [1.29, 1.82) is 0 Å². The summed E-state index contributed by atoms with van der Waals surface area (Å²) in [6.45, 7) is 6.23. The van der Waals surface area contributed by atoms with E-state index in [0.29, 0.717) is 5.95 Å². The Hall–Kier alpha value is -8.28. The molecule has 0 saturated carbocycles. The van der Waals surface area contributed by atoms with Crippen molar-refractivity contribution >= 4 is 71.0 Å². The van der Waals surface area contributed by atoms with Gasteiger partial charge in [0.05, 0.1) is 50.2 Å². The second-order valence-electron chi connectivity index (χ2n) is 15.8. The fourth-order valence-corrected chi connectivity index (χ4v) is 9.64. The summed E-state index contributed by atoms with van der Waals surface area (Å²) in [7, 11) is 0. The Kier molecular flexibility index (Phi) is 8.15. The number of para-hydroxylation sites is 5. The molecule has 5 nitrogen and oxygen atoms in total. The zero-order chi connectivity index (χ0) is 41.3. The minimum atomic E-state index is 0.585. The van der Waals surface area contributed by atoms with Crippen LogP contribution in [0.4, 0.5) is 0 Å². The molecule has 4 aromatic heterocycles. The number of nitrogens with zero attached hydrogens (tertiary/aromatic N) is 5. The Morgan fingerprint density at radius 3 is 1.48 bits per heavy atom. The summed E-state index contributed by atoms with van der Waals surface area (Å²) in [6, 6.07) is 69.5. The van der Waals surface area contributed by atoms with Crippen molar-refractivity contribution in [2.75, 3.05) is 0 Å². The molecule has 0 spiro atoms. The first-order valence-electron chi connectivity index (χ1n) is 21.1. The van der Waals surface area contributed by atoms with Crippen molar-refractivity contribution in [3.8, 4) is 39.7 Å². The van der Waals surface area contributed by atoms with E-state index < -0.39 is 0 Å². The molecule has 5 heteroatoms. The molecule has 0 aliphatic carbocycles. The third-order valence-corrected chi connectivity index (χ3v) is 12.4. The van der Waals surface area contributed by atoms with Gasteiger partial charge in [0.2, 0.25) is 5.95 Å². The third-order valence-electron chi connectivity index (χ3n) is 12.4. The maximum atomic E-state index is 5.51. The number of rotatable bonds is 7. The monoisotopic (exact) mass is 793 g/mol. The van der Waals surface area contributed by atoms with Crippen LogP contribution < -0.4 is 0 Å². The average molecular weight is 794 g/mol.